The molecule has 24 heavy (non-hydrogen) atoms. The van der Waals surface area contributed by atoms with Gasteiger partial charge in [0.05, 0.1) is 10.6 Å². The normalized spacial score (nSPS) is 11.5. The van der Waals surface area contributed by atoms with Crippen molar-refractivity contribution in [2.24, 2.45) is 0 Å². The molecule has 2 aromatic carbocycles. The fourth-order valence-electron chi connectivity index (χ4n) is 2.56. The van der Waals surface area contributed by atoms with Gasteiger partial charge in [0.2, 0.25) is 0 Å². The maximum atomic E-state index is 12.8. The third-order valence-electron chi connectivity index (χ3n) is 3.61. The average molecular weight is 362 g/mol. The highest BCUT2D eigenvalue weighted by molar-refractivity contribution is 7.93. The zero-order valence-electron chi connectivity index (χ0n) is 13.2. The lowest BCUT2D eigenvalue weighted by Gasteiger charge is -2.17. The van der Waals surface area contributed by atoms with Gasteiger partial charge in [-0.25, -0.2) is 13.4 Å². The molecule has 0 radical (unpaired) electrons. The molecule has 7 heteroatoms. The van der Waals surface area contributed by atoms with E-state index in [0.717, 1.165) is 11.1 Å². The molecule has 3 rings (SSSR count). The summed E-state index contributed by atoms with van der Waals surface area (Å²) < 4.78 is 28.2. The largest absolute Gasteiger partial charge is 0.377 e. The van der Waals surface area contributed by atoms with Crippen LogP contribution in [0.4, 0.5) is 11.4 Å². The van der Waals surface area contributed by atoms with Crippen molar-refractivity contribution in [1.82, 2.24) is 4.98 Å². The molecule has 0 spiro atoms. The van der Waals surface area contributed by atoms with Gasteiger partial charge in [-0.3, -0.25) is 4.72 Å². The van der Waals surface area contributed by atoms with E-state index in [1.54, 1.807) is 24.3 Å². The quantitative estimate of drug-likeness (QED) is 0.719. The maximum absolute atomic E-state index is 12.8. The Labute approximate surface area is 145 Å². The van der Waals surface area contributed by atoms with Gasteiger partial charge in [0.15, 0.2) is 0 Å². The Kier molecular flexibility index (Phi) is 4.34. The molecule has 0 aliphatic heterocycles. The summed E-state index contributed by atoms with van der Waals surface area (Å²) in [5, 5.41) is 1.76. The first-order valence-electron chi connectivity index (χ1n) is 7.22. The van der Waals surface area contributed by atoms with Crippen molar-refractivity contribution < 1.29 is 8.42 Å². The number of benzene rings is 2. The van der Waals surface area contributed by atoms with E-state index in [2.05, 4.69) is 9.71 Å². The molecular formula is C17H16ClN3O2S. The van der Waals surface area contributed by atoms with Crippen molar-refractivity contribution in [3.8, 4) is 0 Å². The van der Waals surface area contributed by atoms with E-state index in [0.29, 0.717) is 11.1 Å². The number of hydrogen-bond donors (Lipinski definition) is 1. The number of rotatable bonds is 4. The Morgan fingerprint density at radius 1 is 1.04 bits per heavy atom. The second kappa shape index (κ2) is 6.30. The Hall–Kier alpha value is -2.31. The summed E-state index contributed by atoms with van der Waals surface area (Å²) in [6.07, 6.45) is 1.45. The number of fused-ring (bicyclic) bond motifs is 1. The van der Waals surface area contributed by atoms with Crippen LogP contribution in [0, 0.1) is 0 Å². The summed E-state index contributed by atoms with van der Waals surface area (Å²) in [6, 6.07) is 13.9. The molecule has 3 aromatic rings. The second-order valence-electron chi connectivity index (χ2n) is 5.50. The van der Waals surface area contributed by atoms with Gasteiger partial charge in [-0.2, -0.15) is 0 Å². The van der Waals surface area contributed by atoms with Gasteiger partial charge in [-0.1, -0.05) is 35.9 Å². The lowest BCUT2D eigenvalue weighted by molar-refractivity contribution is 0.602. The van der Waals surface area contributed by atoms with Crippen molar-refractivity contribution in [2.75, 3.05) is 23.7 Å². The van der Waals surface area contributed by atoms with Gasteiger partial charge in [0.25, 0.3) is 10.0 Å². The van der Waals surface area contributed by atoms with Crippen LogP contribution in [0.15, 0.2) is 59.6 Å². The summed E-state index contributed by atoms with van der Waals surface area (Å²) >= 11 is 5.82. The SMILES string of the molecule is CN(C)c1cccc2c(S(=O)(=O)Nc3ccnc(Cl)c3)cccc12. The van der Waals surface area contributed by atoms with Crippen LogP contribution < -0.4 is 9.62 Å². The first-order chi connectivity index (χ1) is 11.4. The molecular weight excluding hydrogens is 346 g/mol. The minimum absolute atomic E-state index is 0.219. The summed E-state index contributed by atoms with van der Waals surface area (Å²) in [6.45, 7) is 0. The predicted molar refractivity (Wildman–Crippen MR) is 98.3 cm³/mol. The number of halogens is 1. The smallest absolute Gasteiger partial charge is 0.262 e. The summed E-state index contributed by atoms with van der Waals surface area (Å²) in [7, 11) is 0.0935. The van der Waals surface area contributed by atoms with Gasteiger partial charge < -0.3 is 4.90 Å². The highest BCUT2D eigenvalue weighted by atomic mass is 35.5. The Morgan fingerprint density at radius 3 is 2.46 bits per heavy atom. The number of anilines is 2. The maximum Gasteiger partial charge on any atom is 0.262 e. The molecule has 0 amide bonds. The van der Waals surface area contributed by atoms with Gasteiger partial charge in [0.1, 0.15) is 5.15 Å². The minimum atomic E-state index is -3.75. The van der Waals surface area contributed by atoms with Gasteiger partial charge in [-0.05, 0) is 24.3 Å². The Morgan fingerprint density at radius 2 is 1.75 bits per heavy atom. The third-order valence-corrected chi connectivity index (χ3v) is 5.26. The van der Waals surface area contributed by atoms with Crippen LogP contribution >= 0.6 is 11.6 Å². The molecule has 0 fully saturated rings. The minimum Gasteiger partial charge on any atom is -0.377 e. The van der Waals surface area contributed by atoms with Crippen LogP contribution in [0.5, 0.6) is 0 Å². The predicted octanol–water partition coefficient (Wildman–Crippen LogP) is 3.76. The van der Waals surface area contributed by atoms with E-state index >= 15 is 0 Å². The molecule has 0 saturated heterocycles. The lowest BCUT2D eigenvalue weighted by Crippen LogP contribution is -2.14. The third kappa shape index (κ3) is 3.16. The first kappa shape index (κ1) is 16.5. The van der Waals surface area contributed by atoms with E-state index in [1.807, 2.05) is 37.2 Å². The first-order valence-corrected chi connectivity index (χ1v) is 9.08. The monoisotopic (exact) mass is 361 g/mol. The van der Waals surface area contributed by atoms with E-state index in [1.165, 1.54) is 12.3 Å². The molecule has 0 aliphatic rings. The standard InChI is InChI=1S/C17H16ClN3O2S/c1-21(2)15-7-3-6-14-13(15)5-4-8-16(14)24(22,23)20-12-9-10-19-17(18)11-12/h3-11H,1-2H3,(H,19,20). The Bertz CT molecular complexity index is 1000. The lowest BCUT2D eigenvalue weighted by atomic mass is 10.1. The van der Waals surface area contributed by atoms with Crippen LogP contribution in [-0.4, -0.2) is 27.5 Å². The zero-order valence-corrected chi connectivity index (χ0v) is 14.8. The van der Waals surface area contributed by atoms with E-state index in [-0.39, 0.29) is 10.0 Å². The van der Waals surface area contributed by atoms with Gasteiger partial charge in [0, 0.05) is 36.8 Å². The zero-order chi connectivity index (χ0) is 17.3. The molecule has 1 N–H and O–H groups in total. The fraction of sp³-hybridized carbons (Fsp3) is 0.118. The van der Waals surface area contributed by atoms with Crippen molar-refractivity contribution >= 4 is 43.8 Å². The topological polar surface area (TPSA) is 62.3 Å². The molecule has 1 heterocycles. The number of nitrogens with zero attached hydrogens (tertiary/aromatic N) is 2. The molecule has 0 bridgehead atoms. The van der Waals surface area contributed by atoms with Crippen LogP contribution in [0.3, 0.4) is 0 Å². The number of nitrogens with one attached hydrogen (secondary N) is 1. The van der Waals surface area contributed by atoms with Crippen LogP contribution in [0.25, 0.3) is 10.8 Å². The molecule has 0 saturated carbocycles. The van der Waals surface area contributed by atoms with Gasteiger partial charge in [-0.15, -0.1) is 0 Å². The molecule has 0 atom stereocenters. The van der Waals surface area contributed by atoms with Crippen molar-refractivity contribution in [1.29, 1.82) is 0 Å². The molecule has 124 valence electrons. The number of pyridine rings is 1. The average Bonchev–Trinajstić information content (AvgIpc) is 2.53. The molecule has 5 nitrogen and oxygen atoms in total. The molecule has 0 unspecified atom stereocenters. The fourth-order valence-corrected chi connectivity index (χ4v) is 4.01. The highest BCUT2D eigenvalue weighted by Gasteiger charge is 2.18. The van der Waals surface area contributed by atoms with E-state index in [4.69, 9.17) is 11.6 Å². The van der Waals surface area contributed by atoms with E-state index < -0.39 is 10.0 Å². The van der Waals surface area contributed by atoms with Crippen molar-refractivity contribution in [3.05, 3.63) is 59.9 Å². The Balaban J connectivity index is 2.13. The van der Waals surface area contributed by atoms with Crippen LogP contribution in [-0.2, 0) is 10.0 Å². The van der Waals surface area contributed by atoms with Gasteiger partial charge >= 0.3 is 0 Å². The number of sulfonamides is 1. The van der Waals surface area contributed by atoms with Crippen LogP contribution in [0.1, 0.15) is 0 Å². The van der Waals surface area contributed by atoms with Crippen molar-refractivity contribution in [2.45, 2.75) is 4.90 Å². The van der Waals surface area contributed by atoms with Crippen LogP contribution in [0.2, 0.25) is 5.15 Å². The summed E-state index contributed by atoms with van der Waals surface area (Å²) in [5.74, 6) is 0. The highest BCUT2D eigenvalue weighted by Crippen LogP contribution is 2.31. The second-order valence-corrected chi connectivity index (χ2v) is 7.53. The van der Waals surface area contributed by atoms with Crippen molar-refractivity contribution in [3.63, 3.8) is 0 Å². The summed E-state index contributed by atoms with van der Waals surface area (Å²) in [4.78, 5) is 6.02. The summed E-state index contributed by atoms with van der Waals surface area (Å²) in [5.41, 5.74) is 1.33. The molecule has 1 aromatic heterocycles. The van der Waals surface area contributed by atoms with E-state index in [9.17, 15) is 8.42 Å². The number of aromatic nitrogens is 1. The molecule has 0 aliphatic carbocycles. The number of hydrogen-bond acceptors (Lipinski definition) is 4.